The molecule has 88 valence electrons. The monoisotopic (exact) mass is 231 g/mol. The Morgan fingerprint density at radius 1 is 1.59 bits per heavy atom. The van der Waals surface area contributed by atoms with Crippen LogP contribution in [0, 0.1) is 5.92 Å². The predicted octanol–water partition coefficient (Wildman–Crippen LogP) is -0.427. The Morgan fingerprint density at radius 2 is 2.47 bits per heavy atom. The zero-order valence-corrected chi connectivity index (χ0v) is 9.47. The summed E-state index contributed by atoms with van der Waals surface area (Å²) in [6.07, 6.45) is 4.01. The van der Waals surface area contributed by atoms with E-state index < -0.39 is 0 Å². The summed E-state index contributed by atoms with van der Waals surface area (Å²) in [5.74, 6) is 1.42. The number of nitrogens with zero attached hydrogens (tertiary/aromatic N) is 3. The molecule has 0 aliphatic carbocycles. The van der Waals surface area contributed by atoms with Gasteiger partial charge in [-0.3, -0.25) is 4.99 Å². The van der Waals surface area contributed by atoms with Gasteiger partial charge in [0.2, 0.25) is 0 Å². The van der Waals surface area contributed by atoms with Gasteiger partial charge in [0.05, 0.1) is 12.1 Å². The van der Waals surface area contributed by atoms with E-state index in [1.807, 2.05) is 6.20 Å². The number of hydrogen-bond donors (Lipinski definition) is 2. The summed E-state index contributed by atoms with van der Waals surface area (Å²) in [5, 5.41) is 4.83. The summed E-state index contributed by atoms with van der Waals surface area (Å²) in [6, 6.07) is 0. The van der Waals surface area contributed by atoms with E-state index in [0.29, 0.717) is 17.6 Å². The highest BCUT2D eigenvalue weighted by atomic mass is 16.5. The molecule has 0 fully saturated rings. The lowest BCUT2D eigenvalue weighted by Crippen LogP contribution is -2.30. The van der Waals surface area contributed by atoms with Crippen molar-refractivity contribution >= 4 is 6.08 Å². The minimum absolute atomic E-state index is 0.278. The molecule has 2 aromatic heterocycles. The molecule has 0 aromatic carbocycles. The van der Waals surface area contributed by atoms with Crippen LogP contribution >= 0.6 is 0 Å². The first-order chi connectivity index (χ1) is 8.28. The Kier molecular flexibility index (Phi) is 2.29. The number of fused-ring (bicyclic) bond motifs is 1. The van der Waals surface area contributed by atoms with Crippen LogP contribution in [0.3, 0.4) is 0 Å². The average Bonchev–Trinajstić information content (AvgIpc) is 2.93. The molecule has 3 rings (SSSR count). The maximum atomic E-state index is 5.46. The van der Waals surface area contributed by atoms with E-state index in [2.05, 4.69) is 33.1 Å². The molecule has 17 heavy (non-hydrogen) atoms. The lowest BCUT2D eigenvalue weighted by molar-refractivity contribution is 0.422. The van der Waals surface area contributed by atoms with Gasteiger partial charge in [-0.25, -0.2) is 0 Å². The summed E-state index contributed by atoms with van der Waals surface area (Å²) in [4.78, 5) is 11.8. The van der Waals surface area contributed by atoms with Crippen molar-refractivity contribution in [1.29, 1.82) is 0 Å². The van der Waals surface area contributed by atoms with E-state index in [4.69, 9.17) is 10.3 Å². The summed E-state index contributed by atoms with van der Waals surface area (Å²) in [5.41, 5.74) is 7.23. The van der Waals surface area contributed by atoms with Gasteiger partial charge in [-0.05, 0) is 5.92 Å². The first-order valence-corrected chi connectivity index (χ1v) is 5.54. The zero-order valence-electron chi connectivity index (χ0n) is 9.47. The van der Waals surface area contributed by atoms with Gasteiger partial charge in [-0.1, -0.05) is 18.2 Å². The third-order valence-electron chi connectivity index (χ3n) is 2.77. The van der Waals surface area contributed by atoms with Gasteiger partial charge < -0.3 is 15.2 Å². The number of nitrogens with two attached hydrogens (primary N) is 1. The molecule has 1 unspecified atom stereocenters. The van der Waals surface area contributed by atoms with Crippen molar-refractivity contribution in [2.24, 2.45) is 16.6 Å². The smallest absolute Gasteiger partial charge is 0.260 e. The van der Waals surface area contributed by atoms with Crippen LogP contribution in [0.2, 0.25) is 0 Å². The van der Waals surface area contributed by atoms with E-state index >= 15 is 0 Å². The number of hydrogen-bond acceptors (Lipinski definition) is 5. The molecule has 3 N–H and O–H groups in total. The van der Waals surface area contributed by atoms with Crippen molar-refractivity contribution in [1.82, 2.24) is 15.1 Å². The van der Waals surface area contributed by atoms with Crippen LogP contribution in [0.15, 0.2) is 15.7 Å². The van der Waals surface area contributed by atoms with Crippen molar-refractivity contribution in [3.63, 3.8) is 0 Å². The van der Waals surface area contributed by atoms with Crippen molar-refractivity contribution < 1.29 is 4.52 Å². The van der Waals surface area contributed by atoms with Crippen LogP contribution in [-0.4, -0.2) is 21.7 Å². The molecule has 2 aromatic rings. The number of nitrogens with one attached hydrogen (secondary N) is 1. The fourth-order valence-corrected chi connectivity index (χ4v) is 1.92. The van der Waals surface area contributed by atoms with Crippen molar-refractivity contribution in [2.75, 3.05) is 6.54 Å². The van der Waals surface area contributed by atoms with Gasteiger partial charge in [0, 0.05) is 18.0 Å². The Labute approximate surface area is 97.2 Å². The van der Waals surface area contributed by atoms with E-state index in [1.54, 1.807) is 0 Å². The van der Waals surface area contributed by atoms with E-state index in [0.717, 1.165) is 22.8 Å². The van der Waals surface area contributed by atoms with Crippen LogP contribution < -0.4 is 16.4 Å². The van der Waals surface area contributed by atoms with Crippen molar-refractivity contribution in [3.8, 4) is 11.5 Å². The Morgan fingerprint density at radius 3 is 3.24 bits per heavy atom. The standard InChI is InChI=1S/C11H13N5O/c1-6-2-7-8(5-14-10(7)13-4-6)11-15-9(3-12)16-17-11/h2,5-6H,3-4,12H2,1H3,(H,13,14). The second-order valence-electron chi connectivity index (χ2n) is 4.17. The molecule has 6 nitrogen and oxygen atoms in total. The predicted molar refractivity (Wildman–Crippen MR) is 61.3 cm³/mol. The molecule has 0 radical (unpaired) electrons. The van der Waals surface area contributed by atoms with E-state index in [1.165, 1.54) is 0 Å². The van der Waals surface area contributed by atoms with Crippen LogP contribution in [0.5, 0.6) is 0 Å². The molecule has 0 bridgehead atoms. The number of aromatic amines is 1. The van der Waals surface area contributed by atoms with Gasteiger partial charge in [-0.2, -0.15) is 4.98 Å². The molecule has 1 aliphatic heterocycles. The Hall–Kier alpha value is -1.95. The highest BCUT2D eigenvalue weighted by Crippen LogP contribution is 2.12. The first-order valence-electron chi connectivity index (χ1n) is 5.54. The first kappa shape index (κ1) is 10.2. The number of aromatic nitrogens is 3. The van der Waals surface area contributed by atoms with Crippen molar-refractivity contribution in [2.45, 2.75) is 13.5 Å². The normalized spacial score (nSPS) is 18.4. The van der Waals surface area contributed by atoms with E-state index in [9.17, 15) is 0 Å². The van der Waals surface area contributed by atoms with Gasteiger partial charge in [0.25, 0.3) is 5.89 Å². The Bertz CT molecular complexity index is 654. The summed E-state index contributed by atoms with van der Waals surface area (Å²) >= 11 is 0. The molecule has 0 spiro atoms. The molecule has 3 heterocycles. The molecule has 0 saturated carbocycles. The minimum atomic E-state index is 0.278. The molecule has 0 saturated heterocycles. The largest absolute Gasteiger partial charge is 0.346 e. The van der Waals surface area contributed by atoms with E-state index in [-0.39, 0.29) is 6.54 Å². The summed E-state index contributed by atoms with van der Waals surface area (Å²) in [7, 11) is 0. The quantitative estimate of drug-likeness (QED) is 0.733. The lowest BCUT2D eigenvalue weighted by Gasteiger charge is -2.04. The molecular formula is C11H13N5O. The van der Waals surface area contributed by atoms with Crippen LogP contribution in [0.25, 0.3) is 17.5 Å². The molecule has 0 amide bonds. The zero-order chi connectivity index (χ0) is 11.8. The van der Waals surface area contributed by atoms with Crippen LogP contribution in [-0.2, 0) is 6.54 Å². The second-order valence-corrected chi connectivity index (χ2v) is 4.17. The number of H-pyrrole nitrogens is 1. The summed E-state index contributed by atoms with van der Waals surface area (Å²) < 4.78 is 5.18. The highest BCUT2D eigenvalue weighted by Gasteiger charge is 2.14. The lowest BCUT2D eigenvalue weighted by atomic mass is 10.1. The SMILES string of the molecule is CC1C=c2c(-c3nc(CN)no3)c[nH]c2=NC1. The van der Waals surface area contributed by atoms with Gasteiger partial charge in [0.1, 0.15) is 5.49 Å². The van der Waals surface area contributed by atoms with Gasteiger partial charge in [0.15, 0.2) is 5.82 Å². The minimum Gasteiger partial charge on any atom is -0.346 e. The van der Waals surface area contributed by atoms with Gasteiger partial charge >= 0.3 is 0 Å². The molecule has 1 atom stereocenters. The van der Waals surface area contributed by atoms with Gasteiger partial charge in [-0.15, -0.1) is 0 Å². The number of rotatable bonds is 2. The third-order valence-corrected chi connectivity index (χ3v) is 2.77. The third kappa shape index (κ3) is 1.66. The topological polar surface area (TPSA) is 93.1 Å². The van der Waals surface area contributed by atoms with Crippen molar-refractivity contribution in [3.05, 3.63) is 22.7 Å². The molecule has 6 heteroatoms. The maximum Gasteiger partial charge on any atom is 0.260 e. The second kappa shape index (κ2) is 3.81. The molecule has 1 aliphatic rings. The average molecular weight is 231 g/mol. The maximum absolute atomic E-state index is 5.46. The summed E-state index contributed by atoms with van der Waals surface area (Å²) in [6.45, 7) is 3.22. The fourth-order valence-electron chi connectivity index (χ4n) is 1.92. The van der Waals surface area contributed by atoms with Crippen LogP contribution in [0.1, 0.15) is 12.7 Å². The highest BCUT2D eigenvalue weighted by molar-refractivity contribution is 5.55. The fraction of sp³-hybridized carbons (Fsp3) is 0.364. The van der Waals surface area contributed by atoms with Crippen LogP contribution in [0.4, 0.5) is 0 Å². The Balaban J connectivity index is 2.17. The molecular weight excluding hydrogens is 218 g/mol.